The molecule has 14 nitrogen and oxygen atoms in total. The summed E-state index contributed by atoms with van der Waals surface area (Å²) in [5, 5.41) is 66.2. The molecule has 2 aliphatic carbocycles. The van der Waals surface area contributed by atoms with Crippen molar-refractivity contribution in [1.29, 1.82) is 0 Å². The lowest BCUT2D eigenvalue weighted by molar-refractivity contribution is 0.00442. The molecule has 0 unspecified atom stereocenters. The molecule has 0 saturated heterocycles. The van der Waals surface area contributed by atoms with Crippen LogP contribution in [-0.2, 0) is 0 Å². The van der Waals surface area contributed by atoms with Crippen LogP contribution in [0.5, 0.6) is 0 Å². The fraction of sp³-hybridized carbons (Fsp3) is 0.429. The van der Waals surface area contributed by atoms with Crippen molar-refractivity contribution in [2.24, 2.45) is 11.8 Å². The van der Waals surface area contributed by atoms with Crippen LogP contribution >= 0.6 is 57.1 Å². The van der Waals surface area contributed by atoms with Gasteiger partial charge in [0.05, 0.1) is 33.4 Å². The van der Waals surface area contributed by atoms with Gasteiger partial charge in [-0.2, -0.15) is 9.97 Å². The predicted molar refractivity (Wildman–Crippen MR) is 186 cm³/mol. The van der Waals surface area contributed by atoms with Gasteiger partial charge >= 0.3 is 0 Å². The molecular weight excluding hydrogens is 774 g/mol. The Morgan fingerprint density at radius 3 is 1.85 bits per heavy atom. The molecule has 6 rings (SSSR count). The molecule has 3 aromatic heterocycles. The number of hydrogen-bond acceptors (Lipinski definition) is 15. The van der Waals surface area contributed by atoms with Gasteiger partial charge in [0.15, 0.2) is 0 Å². The molecule has 18 heteroatoms. The molecule has 3 heterocycles. The van der Waals surface area contributed by atoms with Crippen LogP contribution in [0.1, 0.15) is 12.8 Å². The van der Waals surface area contributed by atoms with Crippen molar-refractivity contribution < 1.29 is 30.6 Å². The summed E-state index contributed by atoms with van der Waals surface area (Å²) < 4.78 is 1.69. The molecule has 2 saturated carbocycles. The van der Waals surface area contributed by atoms with Gasteiger partial charge in [0.25, 0.3) is 0 Å². The minimum atomic E-state index is -1.03. The van der Waals surface area contributed by atoms with Gasteiger partial charge < -0.3 is 52.7 Å². The highest BCUT2D eigenvalue weighted by molar-refractivity contribution is 14.1. The van der Waals surface area contributed by atoms with Crippen molar-refractivity contribution in [3.05, 3.63) is 44.2 Å². The molecule has 0 radical (unpaired) electrons. The van der Waals surface area contributed by atoms with Gasteiger partial charge in [0.2, 0.25) is 11.9 Å². The van der Waals surface area contributed by atoms with Crippen LogP contribution in [0.15, 0.2) is 30.3 Å². The summed E-state index contributed by atoms with van der Waals surface area (Å²) >= 11 is 15.8. The highest BCUT2D eigenvalue weighted by Gasteiger charge is 2.42. The van der Waals surface area contributed by atoms with Crippen LogP contribution in [0.3, 0.4) is 0 Å². The standard InChI is InChI=1S/C18H19ClN4O3S.C10H14ClIN4O3/c19-16-13(12-6-8-3-1-2-4-11(8)27-12)17(23-18(20)22-16)21-10-5-9(7-24)14(25)15(10)26;11-8-5(12)9(16-10(13)15-8)14-4-1-3(2-17)6(18)7(4)19/h1-4,6,9-10,14-15,24-26H,5,7H2,(H3,20,21,22,23);3-4,6-7,17-19H,1-2H2,(H3,13,14,15,16)/t9-,10-,14-,15+;3-,4-,6-,7+/m11/s1. The topological polar surface area (TPSA) is 249 Å². The van der Waals surface area contributed by atoms with Crippen LogP contribution in [0, 0.1) is 15.4 Å². The minimum Gasteiger partial charge on any atom is -0.396 e. The first-order chi connectivity index (χ1) is 21.9. The summed E-state index contributed by atoms with van der Waals surface area (Å²) in [5.74, 6) is 0.0837. The number of rotatable bonds is 7. The van der Waals surface area contributed by atoms with E-state index < -0.39 is 42.4 Å². The maximum atomic E-state index is 10.3. The van der Waals surface area contributed by atoms with Gasteiger partial charge in [-0.15, -0.1) is 11.3 Å². The van der Waals surface area contributed by atoms with E-state index in [-0.39, 0.29) is 41.3 Å². The Labute approximate surface area is 291 Å². The van der Waals surface area contributed by atoms with E-state index in [0.717, 1.165) is 15.0 Å². The quantitative estimate of drug-likeness (QED) is 0.0948. The number of benzene rings is 1. The third-order valence-electron chi connectivity index (χ3n) is 8.10. The predicted octanol–water partition coefficient (Wildman–Crippen LogP) is 1.94. The number of halogens is 3. The summed E-state index contributed by atoms with van der Waals surface area (Å²) in [6, 6.07) is 9.05. The van der Waals surface area contributed by atoms with Crippen LogP contribution in [0.25, 0.3) is 20.5 Å². The maximum absolute atomic E-state index is 10.3. The summed E-state index contributed by atoms with van der Waals surface area (Å²) in [6.07, 6.45) is -3.16. The van der Waals surface area contributed by atoms with E-state index in [0.29, 0.717) is 33.6 Å². The summed E-state index contributed by atoms with van der Waals surface area (Å²) in [7, 11) is 0. The average molecular weight is 807 g/mol. The zero-order valence-corrected chi connectivity index (χ0v) is 28.5. The number of nitrogens with zero attached hydrogens (tertiary/aromatic N) is 4. The lowest BCUT2D eigenvalue weighted by Crippen LogP contribution is -2.35. The number of hydrogen-bond donors (Lipinski definition) is 10. The Balaban J connectivity index is 0.000000193. The second-order valence-corrected chi connectivity index (χ2v) is 14.0. The fourth-order valence-electron chi connectivity index (χ4n) is 5.66. The maximum Gasteiger partial charge on any atom is 0.223 e. The van der Waals surface area contributed by atoms with E-state index in [4.69, 9.17) is 39.8 Å². The summed E-state index contributed by atoms with van der Waals surface area (Å²) in [5.41, 5.74) is 11.9. The molecule has 0 bridgehead atoms. The first-order valence-corrected chi connectivity index (χ1v) is 16.8. The number of anilines is 4. The van der Waals surface area contributed by atoms with Crippen LogP contribution in [0.4, 0.5) is 23.5 Å². The first kappa shape index (κ1) is 34.9. The lowest BCUT2D eigenvalue weighted by atomic mass is 10.1. The molecule has 0 spiro atoms. The molecule has 0 amide bonds. The van der Waals surface area contributed by atoms with Crippen molar-refractivity contribution in [2.45, 2.75) is 49.3 Å². The SMILES string of the molecule is Nc1nc(Cl)c(-c2cc3ccccc3s2)c(N[C@@H]2C[C@H](CO)[C@@H](O)[C@H]2O)n1.Nc1nc(Cl)c(I)c(N[C@@H]2C[C@H](CO)[C@@H](O)[C@H]2O)n1. The van der Waals surface area contributed by atoms with Crippen LogP contribution in [-0.4, -0.2) is 100 Å². The number of aliphatic hydroxyl groups excluding tert-OH is 6. The largest absolute Gasteiger partial charge is 0.396 e. The normalized spacial score (nSPS) is 27.4. The number of aromatic nitrogens is 4. The van der Waals surface area contributed by atoms with Gasteiger partial charge in [-0.25, -0.2) is 9.97 Å². The third-order valence-corrected chi connectivity index (χ3v) is 11.1. The number of nitrogens with two attached hydrogens (primary N) is 2. The Kier molecular flexibility index (Phi) is 11.2. The van der Waals surface area contributed by atoms with E-state index in [1.807, 2.05) is 52.9 Å². The molecule has 1 aromatic carbocycles. The van der Waals surface area contributed by atoms with E-state index in [1.165, 1.54) is 0 Å². The van der Waals surface area contributed by atoms with Gasteiger partial charge in [0.1, 0.15) is 34.1 Å². The summed E-state index contributed by atoms with van der Waals surface area (Å²) in [4.78, 5) is 17.0. The fourth-order valence-corrected chi connectivity index (χ4v) is 7.67. The van der Waals surface area contributed by atoms with Crippen molar-refractivity contribution in [3.8, 4) is 10.4 Å². The van der Waals surface area contributed by atoms with Gasteiger partial charge in [-0.3, -0.25) is 0 Å². The number of nitrogen functional groups attached to an aromatic ring is 2. The van der Waals surface area contributed by atoms with E-state index >= 15 is 0 Å². The molecule has 12 N–H and O–H groups in total. The molecule has 248 valence electrons. The molecule has 2 aliphatic rings. The molecule has 46 heavy (non-hydrogen) atoms. The second kappa shape index (κ2) is 14.8. The highest BCUT2D eigenvalue weighted by atomic mass is 127. The second-order valence-electron chi connectivity index (χ2n) is 11.1. The molecule has 4 aromatic rings. The highest BCUT2D eigenvalue weighted by Crippen LogP contribution is 2.41. The van der Waals surface area contributed by atoms with Gasteiger partial charge in [-0.05, 0) is 53.0 Å². The number of fused-ring (bicyclic) bond motifs is 1. The summed E-state index contributed by atoms with van der Waals surface area (Å²) in [6.45, 7) is -0.383. The first-order valence-electron chi connectivity index (χ1n) is 14.2. The zero-order chi connectivity index (χ0) is 33.3. The molecule has 8 atom stereocenters. The average Bonchev–Trinajstić information content (AvgIpc) is 3.65. The van der Waals surface area contributed by atoms with Crippen molar-refractivity contribution >= 4 is 90.7 Å². The Morgan fingerprint density at radius 2 is 1.30 bits per heavy atom. The van der Waals surface area contributed by atoms with E-state index in [1.54, 1.807) is 11.3 Å². The minimum absolute atomic E-state index is 0.0131. The number of thiophene rings is 1. The Bertz CT molecular complexity index is 1660. The van der Waals surface area contributed by atoms with Crippen molar-refractivity contribution in [3.63, 3.8) is 0 Å². The Morgan fingerprint density at radius 1 is 0.783 bits per heavy atom. The van der Waals surface area contributed by atoms with E-state index in [9.17, 15) is 25.5 Å². The monoisotopic (exact) mass is 806 g/mol. The third kappa shape index (κ3) is 7.35. The lowest BCUT2D eigenvalue weighted by Gasteiger charge is -2.20. The van der Waals surface area contributed by atoms with Gasteiger partial charge in [-0.1, -0.05) is 41.4 Å². The smallest absolute Gasteiger partial charge is 0.223 e. The van der Waals surface area contributed by atoms with Crippen molar-refractivity contribution in [2.75, 3.05) is 35.3 Å². The molecule has 2 fully saturated rings. The van der Waals surface area contributed by atoms with E-state index in [2.05, 4.69) is 30.6 Å². The Hall–Kier alpha value is -2.39. The van der Waals surface area contributed by atoms with Crippen LogP contribution in [0.2, 0.25) is 10.3 Å². The van der Waals surface area contributed by atoms with Gasteiger partial charge in [0, 0.05) is 34.6 Å². The molecular formula is C28H33Cl2IN8O6S. The van der Waals surface area contributed by atoms with Crippen molar-refractivity contribution in [1.82, 2.24) is 19.9 Å². The van der Waals surface area contributed by atoms with Crippen LogP contribution < -0.4 is 22.1 Å². The molecule has 0 aliphatic heterocycles. The number of nitrogens with one attached hydrogen (secondary N) is 2. The zero-order valence-electron chi connectivity index (χ0n) is 24.0. The number of aliphatic hydroxyl groups is 6.